The number of benzene rings is 2. The van der Waals surface area contributed by atoms with Crippen LogP contribution in [0, 0.1) is 6.92 Å². The molecule has 0 saturated heterocycles. The van der Waals surface area contributed by atoms with Crippen LogP contribution in [-0.4, -0.2) is 25.5 Å². The summed E-state index contributed by atoms with van der Waals surface area (Å²) in [5.74, 6) is 0.815. The maximum absolute atomic E-state index is 12.5. The molecule has 0 aliphatic carbocycles. The summed E-state index contributed by atoms with van der Waals surface area (Å²) in [5, 5.41) is 7.30. The van der Waals surface area contributed by atoms with Crippen molar-refractivity contribution in [2.24, 2.45) is 0 Å². The Labute approximate surface area is 144 Å². The van der Waals surface area contributed by atoms with Crippen LogP contribution < -0.4 is 5.32 Å². The zero-order valence-corrected chi connectivity index (χ0v) is 13.5. The number of para-hydroxylation sites is 1. The number of nitrogens with zero attached hydrogens (tertiary/aromatic N) is 4. The van der Waals surface area contributed by atoms with Gasteiger partial charge >= 0.3 is 0 Å². The average Bonchev–Trinajstić information content (AvgIpc) is 3.05. The number of fused-ring (bicyclic) bond motifs is 1. The first-order chi connectivity index (χ1) is 12.2. The minimum absolute atomic E-state index is 0.227. The van der Waals surface area contributed by atoms with Crippen molar-refractivity contribution in [1.29, 1.82) is 0 Å². The van der Waals surface area contributed by atoms with Gasteiger partial charge in [-0.25, -0.2) is 9.50 Å². The predicted octanol–water partition coefficient (Wildman–Crippen LogP) is 3.35. The number of carbonyl (C=O) groups excluding carboxylic acids is 1. The lowest BCUT2D eigenvalue weighted by Gasteiger charge is -2.07. The van der Waals surface area contributed by atoms with Crippen LogP contribution >= 0.6 is 0 Å². The number of amides is 1. The Balaban J connectivity index is 1.70. The molecule has 0 aliphatic rings. The van der Waals surface area contributed by atoms with Gasteiger partial charge in [-0.1, -0.05) is 48.5 Å². The SMILES string of the molecule is Cc1nc2nc(-c3ccccc3)nn2cc1C(=O)Nc1ccccc1. The van der Waals surface area contributed by atoms with Crippen LogP contribution in [0.3, 0.4) is 0 Å². The maximum Gasteiger partial charge on any atom is 0.259 e. The second-order valence-electron chi connectivity index (χ2n) is 5.61. The molecule has 0 atom stereocenters. The van der Waals surface area contributed by atoms with Crippen LogP contribution in [0.2, 0.25) is 0 Å². The standard InChI is InChI=1S/C19H15N5O/c1-13-16(18(25)21-15-10-6-3-7-11-15)12-24-19(20-13)22-17(23-24)14-8-4-2-5-9-14/h2-12H,1H3,(H,21,25). The van der Waals surface area contributed by atoms with Gasteiger partial charge in [0.05, 0.1) is 11.3 Å². The van der Waals surface area contributed by atoms with Crippen molar-refractivity contribution in [3.63, 3.8) is 0 Å². The third-order valence-corrected chi connectivity index (χ3v) is 3.83. The lowest BCUT2D eigenvalue weighted by atomic mass is 10.2. The van der Waals surface area contributed by atoms with Gasteiger partial charge in [-0.2, -0.15) is 4.98 Å². The van der Waals surface area contributed by atoms with Crippen LogP contribution in [0.5, 0.6) is 0 Å². The third kappa shape index (κ3) is 2.97. The van der Waals surface area contributed by atoms with E-state index in [0.717, 1.165) is 11.3 Å². The maximum atomic E-state index is 12.5. The Kier molecular flexibility index (Phi) is 3.70. The van der Waals surface area contributed by atoms with Gasteiger partial charge in [0.1, 0.15) is 0 Å². The largest absolute Gasteiger partial charge is 0.322 e. The van der Waals surface area contributed by atoms with E-state index in [1.165, 1.54) is 4.52 Å². The molecule has 0 radical (unpaired) electrons. The molecule has 2 aromatic heterocycles. The van der Waals surface area contributed by atoms with E-state index in [-0.39, 0.29) is 5.91 Å². The Bertz CT molecular complexity index is 1040. The number of anilines is 1. The summed E-state index contributed by atoms with van der Waals surface area (Å²) >= 11 is 0. The van der Waals surface area contributed by atoms with E-state index in [4.69, 9.17) is 0 Å². The number of hydrogen-bond acceptors (Lipinski definition) is 4. The molecule has 0 spiro atoms. The highest BCUT2D eigenvalue weighted by molar-refractivity contribution is 6.04. The molecule has 2 aromatic carbocycles. The van der Waals surface area contributed by atoms with Gasteiger partial charge in [0, 0.05) is 17.4 Å². The fourth-order valence-corrected chi connectivity index (χ4v) is 2.56. The molecule has 0 unspecified atom stereocenters. The highest BCUT2D eigenvalue weighted by Crippen LogP contribution is 2.17. The monoisotopic (exact) mass is 329 g/mol. The van der Waals surface area contributed by atoms with Crippen molar-refractivity contribution in [3.05, 3.63) is 78.1 Å². The van der Waals surface area contributed by atoms with Crippen molar-refractivity contribution in [2.75, 3.05) is 5.32 Å². The van der Waals surface area contributed by atoms with E-state index in [0.29, 0.717) is 22.9 Å². The topological polar surface area (TPSA) is 72.2 Å². The number of hydrogen-bond donors (Lipinski definition) is 1. The second kappa shape index (κ2) is 6.16. The molecular weight excluding hydrogens is 314 g/mol. The molecule has 0 bridgehead atoms. The molecule has 25 heavy (non-hydrogen) atoms. The van der Waals surface area contributed by atoms with Crippen molar-refractivity contribution < 1.29 is 4.79 Å². The number of aromatic nitrogens is 4. The molecule has 0 aliphatic heterocycles. The van der Waals surface area contributed by atoms with Gasteiger partial charge < -0.3 is 5.32 Å². The molecule has 1 N–H and O–H groups in total. The quantitative estimate of drug-likeness (QED) is 0.625. The fourth-order valence-electron chi connectivity index (χ4n) is 2.56. The molecule has 4 rings (SSSR count). The van der Waals surface area contributed by atoms with E-state index in [2.05, 4.69) is 20.4 Å². The number of rotatable bonds is 3. The zero-order valence-electron chi connectivity index (χ0n) is 13.5. The Morgan fingerprint density at radius 3 is 2.36 bits per heavy atom. The van der Waals surface area contributed by atoms with E-state index < -0.39 is 0 Å². The van der Waals surface area contributed by atoms with Gasteiger partial charge in [-0.3, -0.25) is 4.79 Å². The summed E-state index contributed by atoms with van der Waals surface area (Å²) in [6.07, 6.45) is 1.66. The summed E-state index contributed by atoms with van der Waals surface area (Å²) in [4.78, 5) is 21.4. The van der Waals surface area contributed by atoms with E-state index in [9.17, 15) is 4.79 Å². The second-order valence-corrected chi connectivity index (χ2v) is 5.61. The molecule has 122 valence electrons. The van der Waals surface area contributed by atoms with Crippen LogP contribution in [0.4, 0.5) is 5.69 Å². The summed E-state index contributed by atoms with van der Waals surface area (Å²) in [6.45, 7) is 1.79. The summed E-state index contributed by atoms with van der Waals surface area (Å²) in [6, 6.07) is 19.0. The normalized spacial score (nSPS) is 10.8. The first-order valence-corrected chi connectivity index (χ1v) is 7.86. The minimum atomic E-state index is -0.227. The Hall–Kier alpha value is -3.54. The molecule has 6 heteroatoms. The molecule has 0 fully saturated rings. The lowest BCUT2D eigenvalue weighted by molar-refractivity contribution is 0.102. The summed E-state index contributed by atoms with van der Waals surface area (Å²) in [7, 11) is 0. The highest BCUT2D eigenvalue weighted by atomic mass is 16.1. The van der Waals surface area contributed by atoms with Gasteiger partial charge in [-0.05, 0) is 19.1 Å². The van der Waals surface area contributed by atoms with Crippen LogP contribution in [0.1, 0.15) is 16.1 Å². The first kappa shape index (κ1) is 15.0. The molecule has 2 heterocycles. The van der Waals surface area contributed by atoms with Crippen LogP contribution in [0.15, 0.2) is 66.9 Å². The van der Waals surface area contributed by atoms with E-state index in [1.807, 2.05) is 60.7 Å². The number of aryl methyl sites for hydroxylation is 1. The van der Waals surface area contributed by atoms with Crippen molar-refractivity contribution in [1.82, 2.24) is 19.6 Å². The zero-order chi connectivity index (χ0) is 17.2. The van der Waals surface area contributed by atoms with Gasteiger partial charge in [0.15, 0.2) is 5.82 Å². The van der Waals surface area contributed by atoms with Crippen LogP contribution in [-0.2, 0) is 0 Å². The average molecular weight is 329 g/mol. The lowest BCUT2D eigenvalue weighted by Crippen LogP contribution is -2.15. The van der Waals surface area contributed by atoms with E-state index >= 15 is 0 Å². The molecule has 4 aromatic rings. The first-order valence-electron chi connectivity index (χ1n) is 7.86. The van der Waals surface area contributed by atoms with Gasteiger partial charge in [-0.15, -0.1) is 5.10 Å². The van der Waals surface area contributed by atoms with Crippen LogP contribution in [0.25, 0.3) is 17.2 Å². The van der Waals surface area contributed by atoms with Crippen molar-refractivity contribution in [3.8, 4) is 11.4 Å². The molecule has 0 saturated carbocycles. The molecule has 6 nitrogen and oxygen atoms in total. The Morgan fingerprint density at radius 1 is 0.960 bits per heavy atom. The smallest absolute Gasteiger partial charge is 0.259 e. The van der Waals surface area contributed by atoms with Gasteiger partial charge in [0.2, 0.25) is 0 Å². The minimum Gasteiger partial charge on any atom is -0.322 e. The summed E-state index contributed by atoms with van der Waals surface area (Å²) < 4.78 is 1.54. The highest BCUT2D eigenvalue weighted by Gasteiger charge is 2.15. The third-order valence-electron chi connectivity index (χ3n) is 3.83. The summed E-state index contributed by atoms with van der Waals surface area (Å²) in [5.41, 5.74) is 2.70. The molecular formula is C19H15N5O. The number of carbonyl (C=O) groups is 1. The molecule has 1 amide bonds. The Morgan fingerprint density at radius 2 is 1.64 bits per heavy atom. The van der Waals surface area contributed by atoms with Gasteiger partial charge in [0.25, 0.3) is 11.7 Å². The van der Waals surface area contributed by atoms with Crippen molar-refractivity contribution >= 4 is 17.4 Å². The fraction of sp³-hybridized carbons (Fsp3) is 0.0526. The number of nitrogens with one attached hydrogen (secondary N) is 1. The van der Waals surface area contributed by atoms with E-state index in [1.54, 1.807) is 13.1 Å². The van der Waals surface area contributed by atoms with Crippen molar-refractivity contribution in [2.45, 2.75) is 6.92 Å². The predicted molar refractivity (Wildman–Crippen MR) is 95.4 cm³/mol.